The van der Waals surface area contributed by atoms with E-state index in [1.165, 1.54) is 12.2 Å². The first-order valence-corrected chi connectivity index (χ1v) is 16.6. The van der Waals surface area contributed by atoms with Crippen molar-refractivity contribution in [2.75, 3.05) is 13.1 Å². The van der Waals surface area contributed by atoms with Gasteiger partial charge >= 0.3 is 17.9 Å². The molecule has 2 rings (SSSR count). The first-order chi connectivity index (χ1) is 25.1. The van der Waals surface area contributed by atoms with Gasteiger partial charge in [0.05, 0.1) is 12.8 Å². The summed E-state index contributed by atoms with van der Waals surface area (Å²) >= 11 is 0. The second-order valence-corrected chi connectivity index (χ2v) is 12.0. The van der Waals surface area contributed by atoms with Gasteiger partial charge in [-0.25, -0.2) is 24.5 Å². The van der Waals surface area contributed by atoms with Crippen LogP contribution in [0.3, 0.4) is 0 Å². The highest BCUT2D eigenvalue weighted by atomic mass is 16.5. The van der Waals surface area contributed by atoms with Crippen molar-refractivity contribution in [3.05, 3.63) is 83.9 Å². The Bertz CT molecular complexity index is 1510. The van der Waals surface area contributed by atoms with E-state index in [0.29, 0.717) is 10.1 Å². The molecule has 0 saturated heterocycles. The molecule has 2 atom stereocenters. The summed E-state index contributed by atoms with van der Waals surface area (Å²) < 4.78 is 0. The highest BCUT2D eigenvalue weighted by molar-refractivity contribution is 5.94. The molecule has 0 aliphatic rings. The van der Waals surface area contributed by atoms with Crippen molar-refractivity contribution in [2.24, 2.45) is 0 Å². The third-order valence-electron chi connectivity index (χ3n) is 7.74. The average molecular weight is 741 g/mol. The average Bonchev–Trinajstić information content (AvgIpc) is 3.12. The van der Waals surface area contributed by atoms with E-state index in [2.05, 4.69) is 10.6 Å². The zero-order valence-corrected chi connectivity index (χ0v) is 28.7. The van der Waals surface area contributed by atoms with Gasteiger partial charge in [0.15, 0.2) is 5.60 Å². The van der Waals surface area contributed by atoms with E-state index < -0.39 is 72.1 Å². The molecule has 0 bridgehead atoms. The van der Waals surface area contributed by atoms with Crippen LogP contribution in [0.15, 0.2) is 72.8 Å². The summed E-state index contributed by atoms with van der Waals surface area (Å²) in [7, 11) is 0. The van der Waals surface area contributed by atoms with Crippen LogP contribution in [-0.4, -0.2) is 113 Å². The van der Waals surface area contributed by atoms with Crippen LogP contribution < -0.4 is 10.6 Å². The molecular formula is C36H44N4O13. The minimum absolute atomic E-state index is 0.101. The number of nitrogens with zero attached hydrogens (tertiary/aromatic N) is 2. The second kappa shape index (κ2) is 22.1. The van der Waals surface area contributed by atoms with Crippen molar-refractivity contribution in [2.45, 2.75) is 69.1 Å². The molecular weight excluding hydrogens is 696 g/mol. The Morgan fingerprint density at radius 3 is 1.28 bits per heavy atom. The third kappa shape index (κ3) is 16.3. The fourth-order valence-electron chi connectivity index (χ4n) is 4.83. The Morgan fingerprint density at radius 1 is 0.604 bits per heavy atom. The van der Waals surface area contributed by atoms with Crippen LogP contribution in [0.2, 0.25) is 0 Å². The maximum Gasteiger partial charge on any atom is 0.336 e. The lowest BCUT2D eigenvalue weighted by molar-refractivity contribution is -0.165. The minimum Gasteiger partial charge on any atom is -0.480 e. The number of hydrogen-bond acceptors (Lipinski definition) is 10. The molecule has 2 aromatic rings. The van der Waals surface area contributed by atoms with E-state index in [1.54, 1.807) is 60.7 Å². The van der Waals surface area contributed by atoms with Gasteiger partial charge in [-0.15, -0.1) is 0 Å². The fourth-order valence-corrected chi connectivity index (χ4v) is 4.83. The van der Waals surface area contributed by atoms with Crippen molar-refractivity contribution in [3.8, 4) is 0 Å². The molecule has 2 aromatic carbocycles. The molecule has 0 aliphatic heterocycles. The normalized spacial score (nSPS) is 13.4. The molecule has 8 N–H and O–H groups in total. The number of carbonyl (C=O) groups excluding carboxylic acids is 4. The molecule has 0 unspecified atom stereocenters. The van der Waals surface area contributed by atoms with Gasteiger partial charge in [-0.05, 0) is 61.8 Å². The van der Waals surface area contributed by atoms with Crippen LogP contribution in [-0.2, 0) is 33.6 Å². The molecule has 286 valence electrons. The maximum absolute atomic E-state index is 12.6. The fraction of sp³-hybridized carbons (Fsp3) is 0.361. The Labute approximate surface area is 304 Å². The summed E-state index contributed by atoms with van der Waals surface area (Å²) in [5, 5.41) is 64.3. The van der Waals surface area contributed by atoms with Gasteiger partial charge in [-0.3, -0.25) is 29.6 Å². The number of nitrogens with one attached hydrogen (secondary N) is 2. The van der Waals surface area contributed by atoms with Crippen LogP contribution >= 0.6 is 0 Å². The van der Waals surface area contributed by atoms with E-state index in [0.717, 1.165) is 23.3 Å². The van der Waals surface area contributed by atoms with Gasteiger partial charge in [-0.1, -0.05) is 60.7 Å². The van der Waals surface area contributed by atoms with Crippen molar-refractivity contribution in [3.63, 3.8) is 0 Å². The lowest BCUT2D eigenvalue weighted by Crippen LogP contribution is -2.51. The Hall–Kier alpha value is -5.91. The van der Waals surface area contributed by atoms with Gasteiger partial charge in [0.1, 0.15) is 12.1 Å². The summed E-state index contributed by atoms with van der Waals surface area (Å²) in [5.41, 5.74) is -1.57. The van der Waals surface area contributed by atoms with Crippen molar-refractivity contribution < 1.29 is 64.4 Å². The van der Waals surface area contributed by atoms with Crippen molar-refractivity contribution in [1.29, 1.82) is 0 Å². The van der Waals surface area contributed by atoms with Gasteiger partial charge in [0.25, 0.3) is 11.8 Å². The van der Waals surface area contributed by atoms with Crippen molar-refractivity contribution in [1.82, 2.24) is 20.8 Å². The van der Waals surface area contributed by atoms with Crippen molar-refractivity contribution >= 4 is 53.7 Å². The lowest BCUT2D eigenvalue weighted by Gasteiger charge is -2.24. The number of rotatable bonds is 23. The molecule has 0 aromatic heterocycles. The predicted octanol–water partition coefficient (Wildman–Crippen LogP) is 1.92. The van der Waals surface area contributed by atoms with Gasteiger partial charge in [0.2, 0.25) is 11.8 Å². The van der Waals surface area contributed by atoms with Gasteiger partial charge in [-0.2, -0.15) is 0 Å². The Kier molecular flexibility index (Phi) is 18.1. The highest BCUT2D eigenvalue weighted by Crippen LogP contribution is 2.18. The van der Waals surface area contributed by atoms with E-state index in [1.807, 2.05) is 0 Å². The topological polar surface area (TPSA) is 271 Å². The lowest BCUT2D eigenvalue weighted by atomic mass is 9.94. The zero-order valence-electron chi connectivity index (χ0n) is 28.7. The third-order valence-corrected chi connectivity index (χ3v) is 7.74. The molecule has 0 aliphatic carbocycles. The van der Waals surface area contributed by atoms with Crippen LogP contribution in [0, 0.1) is 0 Å². The Morgan fingerprint density at radius 2 is 0.962 bits per heavy atom. The summed E-state index contributed by atoms with van der Waals surface area (Å²) in [5.74, 6) is -8.84. The monoisotopic (exact) mass is 740 g/mol. The van der Waals surface area contributed by atoms with E-state index >= 15 is 0 Å². The number of carboxylic acids is 3. The number of unbranched alkanes of at least 4 members (excludes halogenated alkanes) is 2. The van der Waals surface area contributed by atoms with Crippen LogP contribution in [0.5, 0.6) is 0 Å². The predicted molar refractivity (Wildman–Crippen MR) is 187 cm³/mol. The first kappa shape index (κ1) is 43.3. The van der Waals surface area contributed by atoms with Crippen LogP contribution in [0.4, 0.5) is 0 Å². The number of hydroxylamine groups is 4. The Balaban J connectivity index is 1.82. The number of amides is 4. The van der Waals surface area contributed by atoms with E-state index in [4.69, 9.17) is 0 Å². The largest absolute Gasteiger partial charge is 0.480 e. The number of aliphatic hydroxyl groups is 1. The number of aliphatic carboxylic acids is 3. The highest BCUT2D eigenvalue weighted by Gasteiger charge is 2.42. The SMILES string of the molecule is O=C(CC(O)(CC(=O)N[C@@H](CCCCN(O)C(=O)C=Cc1ccccc1)C(=O)O)C(=O)O)N[C@@H](CCCCN(O)C(=O)C=Cc1ccccc1)C(=O)O. The standard InChI is InChI=1S/C36H44N4O13/c41-29(37-27(33(45)46)15-7-9-21-39(52)31(43)19-17-25-11-3-1-4-12-25)23-36(51,35(49)50)24-30(42)38-28(34(47)48)16-8-10-22-40(53)32(44)20-18-26-13-5-2-6-14-26/h1-6,11-14,17-20,27-28,51-53H,7-10,15-16,21-24H2,(H,37,41)(H,38,42)(H,45,46)(H,47,48)(H,49,50)/t27-,28-,36?/m0/s1. The summed E-state index contributed by atoms with van der Waals surface area (Å²) in [6.45, 7) is -0.314. The number of hydrogen-bond donors (Lipinski definition) is 8. The minimum atomic E-state index is -3.03. The maximum atomic E-state index is 12.6. The summed E-state index contributed by atoms with van der Waals surface area (Å²) in [6.07, 6.45) is 2.90. The van der Waals surface area contributed by atoms with E-state index in [-0.39, 0.29) is 51.6 Å². The number of carboxylic acid groups (broad SMARTS) is 3. The van der Waals surface area contributed by atoms with Gasteiger partial charge in [0, 0.05) is 25.2 Å². The second-order valence-electron chi connectivity index (χ2n) is 12.0. The molecule has 17 nitrogen and oxygen atoms in total. The van der Waals surface area contributed by atoms with Gasteiger partial charge < -0.3 is 31.1 Å². The molecule has 0 heterocycles. The smallest absolute Gasteiger partial charge is 0.336 e. The van der Waals surface area contributed by atoms with Crippen LogP contribution in [0.25, 0.3) is 12.2 Å². The van der Waals surface area contributed by atoms with E-state index in [9.17, 15) is 64.4 Å². The molecule has 17 heteroatoms. The zero-order chi connectivity index (χ0) is 39.4. The number of carbonyl (C=O) groups is 7. The van der Waals surface area contributed by atoms with Crippen LogP contribution in [0.1, 0.15) is 62.5 Å². The molecule has 0 spiro atoms. The summed E-state index contributed by atoms with van der Waals surface area (Å²) in [6, 6.07) is 14.6. The molecule has 53 heavy (non-hydrogen) atoms. The number of benzene rings is 2. The summed E-state index contributed by atoms with van der Waals surface area (Å²) in [4.78, 5) is 84.8. The molecule has 4 amide bonds. The molecule has 0 fully saturated rings. The molecule has 0 saturated carbocycles. The first-order valence-electron chi connectivity index (χ1n) is 16.6. The quantitative estimate of drug-likeness (QED) is 0.0351. The molecule has 0 radical (unpaired) electrons.